The standard InChI is InChI=1S/C21H22F3N3O2/c1-11-6-13(21(22,23)24)7-18(29)19(11)17-9-16-12(2)10-27(20(16)26-25-17)14-4-3-5-15(28)8-14/h6-7,9-10,14-15,28-29H,3-5,8H2,1-2H3/t14-,15-/m1/s1. The summed E-state index contributed by atoms with van der Waals surface area (Å²) in [6.45, 7) is 3.45. The summed E-state index contributed by atoms with van der Waals surface area (Å²) in [5, 5.41) is 29.6. The van der Waals surface area contributed by atoms with Crippen LogP contribution >= 0.6 is 0 Å². The van der Waals surface area contributed by atoms with Crippen molar-refractivity contribution in [2.75, 3.05) is 0 Å². The van der Waals surface area contributed by atoms with Crippen molar-refractivity contribution in [1.29, 1.82) is 0 Å². The molecule has 2 atom stereocenters. The molecule has 8 heteroatoms. The van der Waals surface area contributed by atoms with Gasteiger partial charge in [0, 0.05) is 23.2 Å². The van der Waals surface area contributed by atoms with Crippen LogP contribution in [0.3, 0.4) is 0 Å². The molecule has 2 heterocycles. The lowest BCUT2D eigenvalue weighted by molar-refractivity contribution is -0.137. The van der Waals surface area contributed by atoms with E-state index in [1.807, 2.05) is 17.7 Å². The second-order valence-corrected chi connectivity index (χ2v) is 7.85. The molecular weight excluding hydrogens is 383 g/mol. The molecule has 154 valence electrons. The summed E-state index contributed by atoms with van der Waals surface area (Å²) in [6, 6.07) is 3.61. The lowest BCUT2D eigenvalue weighted by atomic mass is 9.93. The van der Waals surface area contributed by atoms with Crippen molar-refractivity contribution in [2.45, 2.75) is 57.9 Å². The van der Waals surface area contributed by atoms with Crippen LogP contribution in [0.5, 0.6) is 5.75 Å². The lowest BCUT2D eigenvalue weighted by Crippen LogP contribution is -2.22. The minimum atomic E-state index is -4.53. The third-order valence-electron chi connectivity index (χ3n) is 5.69. The molecule has 4 rings (SSSR count). The molecule has 3 aromatic rings. The highest BCUT2D eigenvalue weighted by atomic mass is 19.4. The molecule has 2 aromatic heterocycles. The van der Waals surface area contributed by atoms with Crippen molar-refractivity contribution in [3.63, 3.8) is 0 Å². The Balaban J connectivity index is 1.78. The highest BCUT2D eigenvalue weighted by Gasteiger charge is 2.32. The van der Waals surface area contributed by atoms with Crippen LogP contribution in [-0.4, -0.2) is 31.1 Å². The summed E-state index contributed by atoms with van der Waals surface area (Å²) in [7, 11) is 0. The van der Waals surface area contributed by atoms with Crippen molar-refractivity contribution in [1.82, 2.24) is 14.8 Å². The monoisotopic (exact) mass is 405 g/mol. The van der Waals surface area contributed by atoms with Crippen LogP contribution in [-0.2, 0) is 6.18 Å². The van der Waals surface area contributed by atoms with Crippen LogP contribution in [0, 0.1) is 13.8 Å². The number of phenolic OH excluding ortho intramolecular Hbond substituents is 1. The zero-order valence-corrected chi connectivity index (χ0v) is 16.2. The molecule has 0 unspecified atom stereocenters. The Morgan fingerprint density at radius 2 is 1.83 bits per heavy atom. The maximum absolute atomic E-state index is 13.0. The van der Waals surface area contributed by atoms with Crippen LogP contribution in [0.15, 0.2) is 24.4 Å². The van der Waals surface area contributed by atoms with Crippen LogP contribution < -0.4 is 0 Å². The van der Waals surface area contributed by atoms with Gasteiger partial charge in [0.25, 0.3) is 0 Å². The molecule has 1 fully saturated rings. The second-order valence-electron chi connectivity index (χ2n) is 7.85. The van der Waals surface area contributed by atoms with E-state index in [4.69, 9.17) is 0 Å². The Morgan fingerprint density at radius 3 is 2.48 bits per heavy atom. The van der Waals surface area contributed by atoms with Crippen molar-refractivity contribution in [3.8, 4) is 17.0 Å². The molecule has 0 radical (unpaired) electrons. The Labute approximate surface area is 165 Å². The number of fused-ring (bicyclic) bond motifs is 1. The van der Waals surface area contributed by atoms with Gasteiger partial charge in [0.2, 0.25) is 0 Å². The number of aromatic hydroxyl groups is 1. The first-order valence-electron chi connectivity index (χ1n) is 9.59. The zero-order valence-electron chi connectivity index (χ0n) is 16.2. The number of alkyl halides is 3. The van der Waals surface area contributed by atoms with E-state index in [2.05, 4.69) is 10.2 Å². The smallest absolute Gasteiger partial charge is 0.416 e. The van der Waals surface area contributed by atoms with Crippen LogP contribution in [0.2, 0.25) is 0 Å². The number of aliphatic hydroxyl groups is 1. The third-order valence-corrected chi connectivity index (χ3v) is 5.69. The van der Waals surface area contributed by atoms with Gasteiger partial charge < -0.3 is 14.8 Å². The van der Waals surface area contributed by atoms with Crippen LogP contribution in [0.1, 0.15) is 48.4 Å². The molecule has 0 amide bonds. The normalized spacial score (nSPS) is 20.3. The first kappa shape index (κ1) is 19.7. The fraction of sp³-hybridized carbons (Fsp3) is 0.429. The summed E-state index contributed by atoms with van der Waals surface area (Å²) in [5.74, 6) is -0.474. The molecule has 29 heavy (non-hydrogen) atoms. The Hall–Kier alpha value is -2.61. The minimum Gasteiger partial charge on any atom is -0.507 e. The third kappa shape index (κ3) is 3.57. The number of hydrogen-bond donors (Lipinski definition) is 2. The largest absolute Gasteiger partial charge is 0.507 e. The fourth-order valence-corrected chi connectivity index (χ4v) is 4.26. The van der Waals surface area contributed by atoms with Gasteiger partial charge >= 0.3 is 6.18 Å². The molecule has 2 N–H and O–H groups in total. The van der Waals surface area contributed by atoms with Gasteiger partial charge in [-0.1, -0.05) is 0 Å². The number of aromatic nitrogens is 3. The van der Waals surface area contributed by atoms with Gasteiger partial charge in [-0.25, -0.2) is 0 Å². The highest BCUT2D eigenvalue weighted by Crippen LogP contribution is 2.39. The predicted molar refractivity (Wildman–Crippen MR) is 103 cm³/mol. The molecule has 0 aliphatic heterocycles. The molecule has 5 nitrogen and oxygen atoms in total. The minimum absolute atomic E-state index is 0.135. The summed E-state index contributed by atoms with van der Waals surface area (Å²) >= 11 is 0. The Morgan fingerprint density at radius 1 is 1.07 bits per heavy atom. The molecule has 1 aromatic carbocycles. The number of nitrogens with zero attached hydrogens (tertiary/aromatic N) is 3. The topological polar surface area (TPSA) is 71.2 Å². The van der Waals surface area contributed by atoms with Gasteiger partial charge in [0.05, 0.1) is 17.4 Å². The van der Waals surface area contributed by atoms with Crippen LogP contribution in [0.4, 0.5) is 13.2 Å². The average molecular weight is 405 g/mol. The fourth-order valence-electron chi connectivity index (χ4n) is 4.26. The molecule has 0 bridgehead atoms. The Bertz CT molecular complexity index is 1050. The van der Waals surface area contributed by atoms with Gasteiger partial charge in [-0.05, 0) is 68.9 Å². The molecule has 1 aliphatic rings. The van der Waals surface area contributed by atoms with Crippen molar-refractivity contribution in [3.05, 3.63) is 41.1 Å². The molecule has 1 aliphatic carbocycles. The molecule has 0 saturated heterocycles. The van der Waals surface area contributed by atoms with Crippen molar-refractivity contribution < 1.29 is 23.4 Å². The quantitative estimate of drug-likeness (QED) is 0.635. The number of rotatable bonds is 2. The molecule has 0 spiro atoms. The summed E-state index contributed by atoms with van der Waals surface area (Å²) in [4.78, 5) is 0. The van der Waals surface area contributed by atoms with E-state index in [9.17, 15) is 23.4 Å². The van der Waals surface area contributed by atoms with E-state index in [-0.39, 0.29) is 23.3 Å². The number of hydrogen-bond acceptors (Lipinski definition) is 4. The first-order valence-corrected chi connectivity index (χ1v) is 9.59. The maximum atomic E-state index is 13.0. The summed E-state index contributed by atoms with van der Waals surface area (Å²) in [5.41, 5.74) is 1.58. The number of aliphatic hydroxyl groups excluding tert-OH is 1. The number of halogens is 3. The van der Waals surface area contributed by atoms with Gasteiger partial charge in [0.1, 0.15) is 5.75 Å². The summed E-state index contributed by atoms with van der Waals surface area (Å²) in [6.07, 6.45) is 0.463. The van der Waals surface area contributed by atoms with E-state index in [1.54, 1.807) is 6.07 Å². The average Bonchev–Trinajstić information content (AvgIpc) is 2.97. The van der Waals surface area contributed by atoms with Crippen molar-refractivity contribution >= 4 is 11.0 Å². The van der Waals surface area contributed by atoms with Crippen LogP contribution in [0.25, 0.3) is 22.3 Å². The zero-order chi connectivity index (χ0) is 20.9. The number of benzene rings is 1. The lowest BCUT2D eigenvalue weighted by Gasteiger charge is -2.27. The maximum Gasteiger partial charge on any atom is 0.416 e. The SMILES string of the molecule is Cc1cc(C(F)(F)F)cc(O)c1-c1cc2c(C)cn([C@@H]3CCC[C@@H](O)C3)c2nn1. The first-order chi connectivity index (χ1) is 13.6. The van der Waals surface area contributed by atoms with E-state index in [1.165, 1.54) is 6.92 Å². The number of aryl methyl sites for hydroxylation is 2. The molecular formula is C21H22F3N3O2. The van der Waals surface area contributed by atoms with E-state index < -0.39 is 17.5 Å². The van der Waals surface area contributed by atoms with E-state index >= 15 is 0 Å². The van der Waals surface area contributed by atoms with Crippen molar-refractivity contribution in [2.24, 2.45) is 0 Å². The second kappa shape index (κ2) is 7.02. The highest BCUT2D eigenvalue weighted by molar-refractivity contribution is 5.85. The van der Waals surface area contributed by atoms with E-state index in [0.717, 1.165) is 42.3 Å². The van der Waals surface area contributed by atoms with Gasteiger partial charge in [-0.3, -0.25) is 0 Å². The number of phenols is 1. The van der Waals surface area contributed by atoms with Gasteiger partial charge in [-0.15, -0.1) is 10.2 Å². The molecule has 1 saturated carbocycles. The van der Waals surface area contributed by atoms with Gasteiger partial charge in [0.15, 0.2) is 5.65 Å². The Kier molecular flexibility index (Phi) is 4.77. The van der Waals surface area contributed by atoms with E-state index in [0.29, 0.717) is 17.8 Å². The summed E-state index contributed by atoms with van der Waals surface area (Å²) < 4.78 is 41.0. The predicted octanol–water partition coefficient (Wildman–Crippen LogP) is 4.92. The van der Waals surface area contributed by atoms with Gasteiger partial charge in [-0.2, -0.15) is 13.2 Å².